The van der Waals surface area contributed by atoms with Gasteiger partial charge in [-0.3, -0.25) is 4.68 Å². The largest absolute Gasteiger partial charge is 0.399 e. The maximum absolute atomic E-state index is 5.71. The molecule has 0 aliphatic carbocycles. The minimum absolute atomic E-state index is 0.480. The van der Waals surface area contributed by atoms with E-state index in [1.54, 1.807) is 0 Å². The Labute approximate surface area is 83.5 Å². The van der Waals surface area contributed by atoms with E-state index in [-0.39, 0.29) is 0 Å². The maximum Gasteiger partial charge on any atom is 0.0946 e. The molecule has 3 nitrogen and oxygen atoms in total. The lowest BCUT2D eigenvalue weighted by molar-refractivity contribution is 0.677. The first-order chi connectivity index (χ1) is 6.59. The Kier molecular flexibility index (Phi) is 1.95. The minimum atomic E-state index is 0.480. The topological polar surface area (TPSA) is 43.8 Å². The number of fused-ring (bicyclic) bond motifs is 1. The Balaban J connectivity index is 2.77. The second kappa shape index (κ2) is 3.01. The van der Waals surface area contributed by atoms with E-state index in [0.29, 0.717) is 5.92 Å². The molecule has 0 radical (unpaired) electrons. The number of nitrogens with zero attached hydrogens (tertiary/aromatic N) is 2. The predicted octanol–water partition coefficient (Wildman–Crippen LogP) is 2.28. The van der Waals surface area contributed by atoms with Crippen molar-refractivity contribution < 1.29 is 0 Å². The van der Waals surface area contributed by atoms with Crippen LogP contribution in [0.5, 0.6) is 0 Å². The molecule has 0 bridgehead atoms. The zero-order valence-electron chi connectivity index (χ0n) is 8.78. The van der Waals surface area contributed by atoms with Gasteiger partial charge in [0.2, 0.25) is 0 Å². The summed E-state index contributed by atoms with van der Waals surface area (Å²) in [5.74, 6) is 0.480. The number of rotatable bonds is 1. The van der Waals surface area contributed by atoms with Crippen LogP contribution in [0, 0.1) is 0 Å². The molecule has 0 aliphatic rings. The van der Waals surface area contributed by atoms with Crippen LogP contribution in [0.25, 0.3) is 10.9 Å². The molecule has 2 rings (SSSR count). The molecule has 1 aromatic carbocycles. The number of nitrogens with two attached hydrogens (primary N) is 1. The van der Waals surface area contributed by atoms with Crippen LogP contribution in [0.15, 0.2) is 18.2 Å². The van der Waals surface area contributed by atoms with Gasteiger partial charge in [-0.15, -0.1) is 0 Å². The third-order valence-corrected chi connectivity index (χ3v) is 2.45. The van der Waals surface area contributed by atoms with Gasteiger partial charge in [0.1, 0.15) is 0 Å². The second-order valence-electron chi connectivity index (χ2n) is 3.94. The van der Waals surface area contributed by atoms with Gasteiger partial charge in [-0.1, -0.05) is 13.8 Å². The van der Waals surface area contributed by atoms with Gasteiger partial charge in [-0.25, -0.2) is 0 Å². The zero-order valence-corrected chi connectivity index (χ0v) is 8.78. The van der Waals surface area contributed by atoms with Crippen LogP contribution in [-0.4, -0.2) is 9.78 Å². The van der Waals surface area contributed by atoms with Crippen molar-refractivity contribution in [2.75, 3.05) is 5.73 Å². The molecule has 2 aromatic rings. The summed E-state index contributed by atoms with van der Waals surface area (Å²) in [5.41, 5.74) is 8.73. The Morgan fingerprint density at radius 1 is 1.36 bits per heavy atom. The highest BCUT2D eigenvalue weighted by atomic mass is 15.3. The molecule has 0 atom stereocenters. The average Bonchev–Trinajstić information content (AvgIpc) is 2.39. The highest BCUT2D eigenvalue weighted by molar-refractivity contribution is 5.84. The van der Waals surface area contributed by atoms with Gasteiger partial charge < -0.3 is 5.73 Å². The van der Waals surface area contributed by atoms with Crippen molar-refractivity contribution >= 4 is 16.6 Å². The van der Waals surface area contributed by atoms with Gasteiger partial charge in [0.25, 0.3) is 0 Å². The van der Waals surface area contributed by atoms with Gasteiger partial charge in [-0.2, -0.15) is 5.10 Å². The first-order valence-corrected chi connectivity index (χ1v) is 4.81. The van der Waals surface area contributed by atoms with Crippen molar-refractivity contribution in [1.29, 1.82) is 0 Å². The molecule has 0 amide bonds. The molecule has 2 N–H and O–H groups in total. The molecule has 0 fully saturated rings. The fraction of sp³-hybridized carbons (Fsp3) is 0.364. The van der Waals surface area contributed by atoms with Crippen LogP contribution >= 0.6 is 0 Å². The van der Waals surface area contributed by atoms with Gasteiger partial charge in [0.15, 0.2) is 0 Å². The van der Waals surface area contributed by atoms with Crippen molar-refractivity contribution in [2.24, 2.45) is 7.05 Å². The standard InChI is InChI=1S/C11H15N3/c1-7(2)11-9-5-4-8(12)6-10(9)13-14(11)3/h4-7H,12H2,1-3H3. The van der Waals surface area contributed by atoms with E-state index in [0.717, 1.165) is 11.2 Å². The van der Waals surface area contributed by atoms with E-state index >= 15 is 0 Å². The molecular formula is C11H15N3. The quantitative estimate of drug-likeness (QED) is 0.699. The second-order valence-corrected chi connectivity index (χ2v) is 3.94. The van der Waals surface area contributed by atoms with Crippen LogP contribution < -0.4 is 5.73 Å². The van der Waals surface area contributed by atoms with Crippen molar-refractivity contribution in [2.45, 2.75) is 19.8 Å². The van der Waals surface area contributed by atoms with Crippen molar-refractivity contribution in [3.8, 4) is 0 Å². The third kappa shape index (κ3) is 1.25. The lowest BCUT2D eigenvalue weighted by atomic mass is 10.1. The van der Waals surface area contributed by atoms with Gasteiger partial charge in [-0.05, 0) is 24.1 Å². The molecule has 3 heteroatoms. The van der Waals surface area contributed by atoms with Crippen LogP contribution in [0.3, 0.4) is 0 Å². The normalized spacial score (nSPS) is 11.4. The summed E-state index contributed by atoms with van der Waals surface area (Å²) in [5, 5.41) is 5.64. The van der Waals surface area contributed by atoms with E-state index in [4.69, 9.17) is 5.73 Å². The van der Waals surface area contributed by atoms with E-state index in [1.165, 1.54) is 11.1 Å². The number of benzene rings is 1. The molecular weight excluding hydrogens is 174 g/mol. The summed E-state index contributed by atoms with van der Waals surface area (Å²) in [6.07, 6.45) is 0. The zero-order chi connectivity index (χ0) is 10.3. The molecule has 0 spiro atoms. The van der Waals surface area contributed by atoms with Crippen LogP contribution in [0.1, 0.15) is 25.5 Å². The van der Waals surface area contributed by atoms with Crippen molar-refractivity contribution in [1.82, 2.24) is 9.78 Å². The molecule has 1 aromatic heterocycles. The number of aryl methyl sites for hydroxylation is 1. The predicted molar refractivity (Wildman–Crippen MR) is 59.2 cm³/mol. The number of aromatic nitrogens is 2. The first-order valence-electron chi connectivity index (χ1n) is 4.81. The summed E-state index contributed by atoms with van der Waals surface area (Å²) in [4.78, 5) is 0. The fourth-order valence-electron chi connectivity index (χ4n) is 1.92. The van der Waals surface area contributed by atoms with E-state index < -0.39 is 0 Å². The molecule has 0 saturated carbocycles. The fourth-order valence-corrected chi connectivity index (χ4v) is 1.92. The van der Waals surface area contributed by atoms with Gasteiger partial charge in [0.05, 0.1) is 5.52 Å². The van der Waals surface area contributed by atoms with Gasteiger partial charge in [0, 0.05) is 23.8 Å². The van der Waals surface area contributed by atoms with Crippen molar-refractivity contribution in [3.63, 3.8) is 0 Å². The highest BCUT2D eigenvalue weighted by Crippen LogP contribution is 2.25. The summed E-state index contributed by atoms with van der Waals surface area (Å²) in [7, 11) is 1.98. The highest BCUT2D eigenvalue weighted by Gasteiger charge is 2.11. The molecule has 0 aliphatic heterocycles. The average molecular weight is 189 g/mol. The number of hydrogen-bond donors (Lipinski definition) is 1. The van der Waals surface area contributed by atoms with Crippen LogP contribution in [0.2, 0.25) is 0 Å². The lowest BCUT2D eigenvalue weighted by Crippen LogP contribution is -1.99. The minimum Gasteiger partial charge on any atom is -0.399 e. The Morgan fingerprint density at radius 2 is 2.07 bits per heavy atom. The van der Waals surface area contributed by atoms with E-state index in [1.807, 2.05) is 29.9 Å². The maximum atomic E-state index is 5.71. The SMILES string of the molecule is CC(C)c1c2ccc(N)cc2nn1C. The Morgan fingerprint density at radius 3 is 2.71 bits per heavy atom. The van der Waals surface area contributed by atoms with Crippen molar-refractivity contribution in [3.05, 3.63) is 23.9 Å². The monoisotopic (exact) mass is 189 g/mol. The van der Waals surface area contributed by atoms with Crippen LogP contribution in [-0.2, 0) is 7.05 Å². The number of nitrogen functional groups attached to an aromatic ring is 1. The summed E-state index contributed by atoms with van der Waals surface area (Å²) < 4.78 is 1.94. The number of anilines is 1. The molecule has 74 valence electrons. The Bertz CT molecular complexity index is 469. The lowest BCUT2D eigenvalue weighted by Gasteiger charge is -2.05. The molecule has 14 heavy (non-hydrogen) atoms. The molecule has 1 heterocycles. The smallest absolute Gasteiger partial charge is 0.0946 e. The first kappa shape index (κ1) is 9.06. The summed E-state index contributed by atoms with van der Waals surface area (Å²) in [6, 6.07) is 5.89. The third-order valence-electron chi connectivity index (χ3n) is 2.45. The summed E-state index contributed by atoms with van der Waals surface area (Å²) in [6.45, 7) is 4.35. The number of hydrogen-bond acceptors (Lipinski definition) is 2. The van der Waals surface area contributed by atoms with E-state index in [2.05, 4.69) is 18.9 Å². The Hall–Kier alpha value is -1.51. The van der Waals surface area contributed by atoms with Gasteiger partial charge >= 0.3 is 0 Å². The summed E-state index contributed by atoms with van der Waals surface area (Å²) >= 11 is 0. The van der Waals surface area contributed by atoms with E-state index in [9.17, 15) is 0 Å². The molecule has 0 saturated heterocycles. The van der Waals surface area contributed by atoms with Crippen LogP contribution in [0.4, 0.5) is 5.69 Å². The molecule has 0 unspecified atom stereocenters.